The van der Waals surface area contributed by atoms with Crippen LogP contribution in [0.3, 0.4) is 0 Å². The summed E-state index contributed by atoms with van der Waals surface area (Å²) in [5, 5.41) is 0. The number of hydrogen-bond donors (Lipinski definition) is 0. The van der Waals surface area contributed by atoms with Crippen molar-refractivity contribution < 1.29 is 8.78 Å². The first-order valence-electron chi connectivity index (χ1n) is 10.8. The quantitative estimate of drug-likeness (QED) is 0.341. The molecule has 0 unspecified atom stereocenters. The van der Waals surface area contributed by atoms with Crippen LogP contribution in [0.2, 0.25) is 0 Å². The lowest BCUT2D eigenvalue weighted by Crippen LogP contribution is -2.15. The third-order valence-electron chi connectivity index (χ3n) is 6.34. The molecule has 0 aliphatic heterocycles. The van der Waals surface area contributed by atoms with Crippen molar-refractivity contribution in [2.75, 3.05) is 0 Å². The van der Waals surface area contributed by atoms with E-state index in [1.165, 1.54) is 0 Å². The lowest BCUT2D eigenvalue weighted by molar-refractivity contribution is 0.306. The van der Waals surface area contributed by atoms with Crippen LogP contribution in [-0.4, -0.2) is 0 Å². The maximum atomic E-state index is 14.5. The summed E-state index contributed by atoms with van der Waals surface area (Å²) in [6.07, 6.45) is 9.12. The molecule has 152 valence electrons. The Bertz CT molecular complexity index is 791. The minimum atomic E-state index is -0.0278. The summed E-state index contributed by atoms with van der Waals surface area (Å²) in [5.41, 5.74) is 3.95. The number of rotatable bonds is 7. The zero-order chi connectivity index (χ0) is 20.1. The molecule has 3 heteroatoms. The Morgan fingerprint density at radius 2 is 1.64 bits per heavy atom. The van der Waals surface area contributed by atoms with Crippen LogP contribution in [0.4, 0.5) is 8.78 Å². The molecule has 0 radical (unpaired) electrons. The van der Waals surface area contributed by atoms with Gasteiger partial charge in [0.25, 0.3) is 0 Å². The van der Waals surface area contributed by atoms with Gasteiger partial charge in [0.05, 0.1) is 3.57 Å². The van der Waals surface area contributed by atoms with Gasteiger partial charge in [0, 0.05) is 0 Å². The second kappa shape index (κ2) is 10.2. The molecule has 0 heterocycles. The fraction of sp³-hybridized carbons (Fsp3) is 0.520. The number of hydrogen-bond acceptors (Lipinski definition) is 0. The Labute approximate surface area is 182 Å². The molecule has 3 rings (SSSR count). The molecular formula is C25H31F2I. The van der Waals surface area contributed by atoms with E-state index in [4.69, 9.17) is 0 Å². The van der Waals surface area contributed by atoms with E-state index in [1.54, 1.807) is 6.07 Å². The summed E-state index contributed by atoms with van der Waals surface area (Å²) in [6, 6.07) is 9.87. The standard InChI is InChI=1S/C25H31F2I/c1-3-5-20-13-14-21(25(28)24(20)27)12-8-18-6-10-19(11-7-18)22-15-9-17(4-2)16-23(22)26/h9,13-16,18-19H,3-8,10-12H2,1-2H3. The highest BCUT2D eigenvalue weighted by atomic mass is 127. The van der Waals surface area contributed by atoms with Crippen LogP contribution < -0.4 is 0 Å². The third kappa shape index (κ3) is 5.14. The first kappa shape index (κ1) is 21.7. The van der Waals surface area contributed by atoms with Crippen molar-refractivity contribution >= 4 is 22.6 Å². The van der Waals surface area contributed by atoms with Crippen molar-refractivity contribution in [1.82, 2.24) is 0 Å². The molecule has 0 saturated heterocycles. The van der Waals surface area contributed by atoms with Crippen molar-refractivity contribution in [3.05, 3.63) is 67.8 Å². The van der Waals surface area contributed by atoms with E-state index in [1.807, 2.05) is 12.1 Å². The van der Waals surface area contributed by atoms with Crippen LogP contribution in [0, 0.1) is 21.1 Å². The number of halogens is 3. The van der Waals surface area contributed by atoms with Gasteiger partial charge in [-0.25, -0.2) is 8.78 Å². The summed E-state index contributed by atoms with van der Waals surface area (Å²) < 4.78 is 29.7. The van der Waals surface area contributed by atoms with E-state index < -0.39 is 0 Å². The highest BCUT2D eigenvalue weighted by Crippen LogP contribution is 2.39. The van der Waals surface area contributed by atoms with Gasteiger partial charge in [-0.15, -0.1) is 0 Å². The molecular weight excluding hydrogens is 465 g/mol. The van der Waals surface area contributed by atoms with Crippen LogP contribution in [0.5, 0.6) is 0 Å². The minimum absolute atomic E-state index is 0.0188. The molecule has 2 aromatic rings. The monoisotopic (exact) mass is 496 g/mol. The Morgan fingerprint density at radius 1 is 0.929 bits per heavy atom. The fourth-order valence-electron chi connectivity index (χ4n) is 4.53. The Hall–Kier alpha value is -0.970. The second-order valence-electron chi connectivity index (χ2n) is 8.23. The molecule has 0 bridgehead atoms. The van der Waals surface area contributed by atoms with E-state index in [9.17, 15) is 8.78 Å². The fourth-order valence-corrected chi connectivity index (χ4v) is 5.32. The lowest BCUT2D eigenvalue weighted by Gasteiger charge is -2.29. The average molecular weight is 496 g/mol. The molecule has 2 aromatic carbocycles. The summed E-state index contributed by atoms with van der Waals surface area (Å²) >= 11 is 2.17. The van der Waals surface area contributed by atoms with E-state index in [-0.39, 0.29) is 11.6 Å². The van der Waals surface area contributed by atoms with Crippen molar-refractivity contribution in [2.45, 2.75) is 77.6 Å². The molecule has 0 aromatic heterocycles. The second-order valence-corrected chi connectivity index (χ2v) is 9.31. The summed E-state index contributed by atoms with van der Waals surface area (Å²) in [4.78, 5) is 0. The Kier molecular flexibility index (Phi) is 7.90. The zero-order valence-corrected chi connectivity index (χ0v) is 19.2. The minimum Gasteiger partial charge on any atom is -0.207 e. The van der Waals surface area contributed by atoms with Gasteiger partial charge in [-0.1, -0.05) is 44.5 Å². The topological polar surface area (TPSA) is 0 Å². The first-order chi connectivity index (χ1) is 13.5. The summed E-state index contributed by atoms with van der Waals surface area (Å²) in [6.45, 7) is 4.14. The van der Waals surface area contributed by atoms with E-state index in [0.29, 0.717) is 11.8 Å². The molecule has 0 spiro atoms. The number of benzene rings is 2. The highest BCUT2D eigenvalue weighted by Gasteiger charge is 2.24. The van der Waals surface area contributed by atoms with Crippen molar-refractivity contribution in [3.8, 4) is 0 Å². The SMILES string of the molecule is CCCc1ccc(CCC2CCC(c3ccc(CC)cc3F)CC2)c(I)c1F. The highest BCUT2D eigenvalue weighted by molar-refractivity contribution is 14.1. The number of aryl methyl sites for hydroxylation is 3. The smallest absolute Gasteiger partial charge is 0.139 e. The van der Waals surface area contributed by atoms with Gasteiger partial charge in [0.1, 0.15) is 11.6 Å². The van der Waals surface area contributed by atoms with Gasteiger partial charge in [-0.3, -0.25) is 0 Å². The van der Waals surface area contributed by atoms with E-state index in [0.717, 1.165) is 83.6 Å². The van der Waals surface area contributed by atoms with Gasteiger partial charge in [0.2, 0.25) is 0 Å². The van der Waals surface area contributed by atoms with Crippen molar-refractivity contribution in [2.24, 2.45) is 5.92 Å². The van der Waals surface area contributed by atoms with Crippen LogP contribution in [-0.2, 0) is 19.3 Å². The summed E-state index contributed by atoms with van der Waals surface area (Å²) in [5.74, 6) is 0.978. The van der Waals surface area contributed by atoms with E-state index in [2.05, 4.69) is 48.6 Å². The maximum Gasteiger partial charge on any atom is 0.139 e. The molecule has 0 atom stereocenters. The van der Waals surface area contributed by atoms with Crippen LogP contribution >= 0.6 is 22.6 Å². The van der Waals surface area contributed by atoms with E-state index >= 15 is 0 Å². The van der Waals surface area contributed by atoms with Crippen molar-refractivity contribution in [1.29, 1.82) is 0 Å². The predicted molar refractivity (Wildman–Crippen MR) is 122 cm³/mol. The molecule has 1 aliphatic carbocycles. The van der Waals surface area contributed by atoms with Crippen molar-refractivity contribution in [3.63, 3.8) is 0 Å². The van der Waals surface area contributed by atoms with Crippen LogP contribution in [0.15, 0.2) is 30.3 Å². The molecule has 0 nitrogen and oxygen atoms in total. The lowest BCUT2D eigenvalue weighted by atomic mass is 9.76. The Morgan fingerprint density at radius 3 is 2.29 bits per heavy atom. The predicted octanol–water partition coefficient (Wildman–Crippen LogP) is 7.99. The van der Waals surface area contributed by atoms with Gasteiger partial charge in [-0.2, -0.15) is 0 Å². The average Bonchev–Trinajstić information content (AvgIpc) is 2.71. The Balaban J connectivity index is 1.54. The molecule has 0 N–H and O–H groups in total. The van der Waals surface area contributed by atoms with Gasteiger partial charge in [0.15, 0.2) is 0 Å². The normalized spacial score (nSPS) is 19.8. The van der Waals surface area contributed by atoms with Crippen LogP contribution in [0.1, 0.15) is 80.5 Å². The molecule has 0 amide bonds. The molecule has 1 aliphatic rings. The van der Waals surface area contributed by atoms with Gasteiger partial charge in [-0.05, 0) is 114 Å². The zero-order valence-electron chi connectivity index (χ0n) is 17.0. The molecule has 1 saturated carbocycles. The third-order valence-corrected chi connectivity index (χ3v) is 7.51. The van der Waals surface area contributed by atoms with Crippen LogP contribution in [0.25, 0.3) is 0 Å². The first-order valence-corrected chi connectivity index (χ1v) is 11.8. The largest absolute Gasteiger partial charge is 0.207 e. The van der Waals surface area contributed by atoms with Gasteiger partial charge >= 0.3 is 0 Å². The molecule has 28 heavy (non-hydrogen) atoms. The summed E-state index contributed by atoms with van der Waals surface area (Å²) in [7, 11) is 0. The molecule has 1 fully saturated rings. The maximum absolute atomic E-state index is 14.5. The van der Waals surface area contributed by atoms with Gasteiger partial charge < -0.3 is 0 Å².